The minimum atomic E-state index is -0.136. The number of hydrogen-bond acceptors (Lipinski definition) is 6. The van der Waals surface area contributed by atoms with Gasteiger partial charge in [0.05, 0.1) is 17.9 Å². The van der Waals surface area contributed by atoms with Crippen LogP contribution in [-0.2, 0) is 4.79 Å². The van der Waals surface area contributed by atoms with Crippen LogP contribution in [0.4, 0.5) is 5.13 Å². The molecule has 0 aliphatic carbocycles. The Kier molecular flexibility index (Phi) is 5.91. The first kappa shape index (κ1) is 17.7. The van der Waals surface area contributed by atoms with E-state index < -0.39 is 0 Å². The van der Waals surface area contributed by atoms with Crippen molar-refractivity contribution < 1.29 is 9.53 Å². The number of carbonyl (C=O) groups is 1. The van der Waals surface area contributed by atoms with Gasteiger partial charge in [0.15, 0.2) is 5.01 Å². The molecule has 0 saturated heterocycles. The van der Waals surface area contributed by atoms with E-state index in [1.165, 1.54) is 23.1 Å². The van der Waals surface area contributed by atoms with Crippen LogP contribution in [0, 0.1) is 0 Å². The van der Waals surface area contributed by atoms with Crippen molar-refractivity contribution in [3.05, 3.63) is 53.6 Å². The minimum Gasteiger partial charge on any atom is -0.497 e. The summed E-state index contributed by atoms with van der Waals surface area (Å²) in [6.07, 6.45) is 0. The fourth-order valence-electron chi connectivity index (χ4n) is 1.99. The molecule has 0 radical (unpaired) electrons. The molecular formula is C17H14ClN3O2S2. The highest BCUT2D eigenvalue weighted by atomic mass is 35.5. The van der Waals surface area contributed by atoms with Gasteiger partial charge in [-0.25, -0.2) is 0 Å². The number of thioether (sulfide) groups is 1. The molecular weight excluding hydrogens is 378 g/mol. The number of amides is 1. The zero-order valence-corrected chi connectivity index (χ0v) is 15.6. The summed E-state index contributed by atoms with van der Waals surface area (Å²) < 4.78 is 5.11. The average Bonchev–Trinajstić information content (AvgIpc) is 3.09. The number of ether oxygens (including phenoxy) is 1. The fraction of sp³-hybridized carbons (Fsp3) is 0.118. The Balaban J connectivity index is 1.57. The number of rotatable bonds is 6. The quantitative estimate of drug-likeness (QED) is 0.622. The number of hydrogen-bond donors (Lipinski definition) is 1. The molecule has 0 aliphatic rings. The summed E-state index contributed by atoms with van der Waals surface area (Å²) in [6.45, 7) is 0. The SMILES string of the molecule is COc1ccc(SCC(=O)Nc2nnc(-c3ccccc3Cl)s2)cc1. The highest BCUT2D eigenvalue weighted by Crippen LogP contribution is 2.31. The van der Waals surface area contributed by atoms with E-state index in [9.17, 15) is 4.79 Å². The number of aromatic nitrogens is 2. The molecule has 0 bridgehead atoms. The zero-order chi connectivity index (χ0) is 17.6. The van der Waals surface area contributed by atoms with E-state index in [1.54, 1.807) is 13.2 Å². The average molecular weight is 392 g/mol. The molecule has 0 unspecified atom stereocenters. The van der Waals surface area contributed by atoms with Gasteiger partial charge in [-0.05, 0) is 30.3 Å². The van der Waals surface area contributed by atoms with Crippen LogP contribution in [0.25, 0.3) is 10.6 Å². The van der Waals surface area contributed by atoms with Gasteiger partial charge in [-0.3, -0.25) is 10.1 Å². The van der Waals surface area contributed by atoms with Gasteiger partial charge < -0.3 is 4.74 Å². The zero-order valence-electron chi connectivity index (χ0n) is 13.2. The second-order valence-electron chi connectivity index (χ2n) is 4.90. The van der Waals surface area contributed by atoms with E-state index in [2.05, 4.69) is 15.5 Å². The summed E-state index contributed by atoms with van der Waals surface area (Å²) in [6, 6.07) is 14.9. The molecule has 1 amide bonds. The van der Waals surface area contributed by atoms with Crippen LogP contribution in [0.5, 0.6) is 5.75 Å². The van der Waals surface area contributed by atoms with E-state index in [0.29, 0.717) is 15.2 Å². The highest BCUT2D eigenvalue weighted by molar-refractivity contribution is 8.00. The second-order valence-corrected chi connectivity index (χ2v) is 7.34. The topological polar surface area (TPSA) is 64.1 Å². The summed E-state index contributed by atoms with van der Waals surface area (Å²) in [7, 11) is 1.62. The van der Waals surface area contributed by atoms with Gasteiger partial charge in [0.2, 0.25) is 11.0 Å². The summed E-state index contributed by atoms with van der Waals surface area (Å²) in [5.74, 6) is 0.935. The Bertz CT molecular complexity index is 868. The maximum absolute atomic E-state index is 12.1. The summed E-state index contributed by atoms with van der Waals surface area (Å²) >= 11 is 8.88. The Morgan fingerprint density at radius 3 is 2.68 bits per heavy atom. The van der Waals surface area contributed by atoms with Crippen LogP contribution in [0.15, 0.2) is 53.4 Å². The van der Waals surface area contributed by atoms with Crippen molar-refractivity contribution in [1.82, 2.24) is 10.2 Å². The van der Waals surface area contributed by atoms with Crippen molar-refractivity contribution in [3.8, 4) is 16.3 Å². The van der Waals surface area contributed by atoms with Crippen molar-refractivity contribution in [1.29, 1.82) is 0 Å². The number of nitrogens with one attached hydrogen (secondary N) is 1. The summed E-state index contributed by atoms with van der Waals surface area (Å²) in [4.78, 5) is 13.1. The monoisotopic (exact) mass is 391 g/mol. The van der Waals surface area contributed by atoms with Gasteiger partial charge in [-0.1, -0.05) is 41.1 Å². The van der Waals surface area contributed by atoms with Crippen LogP contribution >= 0.6 is 34.7 Å². The molecule has 1 N–H and O–H groups in total. The van der Waals surface area contributed by atoms with Crippen LogP contribution < -0.4 is 10.1 Å². The third kappa shape index (κ3) is 4.72. The van der Waals surface area contributed by atoms with Gasteiger partial charge in [-0.15, -0.1) is 22.0 Å². The Labute approximate surface area is 158 Å². The summed E-state index contributed by atoms with van der Waals surface area (Å²) in [5, 5.41) is 12.6. The van der Waals surface area contributed by atoms with Crippen molar-refractivity contribution in [2.24, 2.45) is 0 Å². The van der Waals surface area contributed by atoms with Crippen LogP contribution in [0.2, 0.25) is 5.02 Å². The largest absolute Gasteiger partial charge is 0.497 e. The maximum Gasteiger partial charge on any atom is 0.236 e. The molecule has 1 heterocycles. The van der Waals surface area contributed by atoms with E-state index in [-0.39, 0.29) is 11.7 Å². The molecule has 0 atom stereocenters. The van der Waals surface area contributed by atoms with E-state index in [4.69, 9.17) is 16.3 Å². The lowest BCUT2D eigenvalue weighted by Gasteiger charge is -2.03. The smallest absolute Gasteiger partial charge is 0.236 e. The molecule has 0 spiro atoms. The number of halogens is 1. The normalized spacial score (nSPS) is 10.5. The number of anilines is 1. The van der Waals surface area contributed by atoms with E-state index in [0.717, 1.165) is 16.2 Å². The number of methoxy groups -OCH3 is 1. The molecule has 8 heteroatoms. The lowest BCUT2D eigenvalue weighted by molar-refractivity contribution is -0.113. The van der Waals surface area contributed by atoms with Crippen molar-refractivity contribution >= 4 is 45.7 Å². The molecule has 25 heavy (non-hydrogen) atoms. The first-order valence-electron chi connectivity index (χ1n) is 7.31. The molecule has 0 fully saturated rings. The molecule has 5 nitrogen and oxygen atoms in total. The van der Waals surface area contributed by atoms with Gasteiger partial charge in [0.25, 0.3) is 0 Å². The van der Waals surface area contributed by atoms with Crippen molar-refractivity contribution in [2.75, 3.05) is 18.2 Å². The third-order valence-corrected chi connectivity index (χ3v) is 5.42. The Hall–Kier alpha value is -2.09. The van der Waals surface area contributed by atoms with Gasteiger partial charge >= 0.3 is 0 Å². The third-order valence-electron chi connectivity index (χ3n) is 3.20. The van der Waals surface area contributed by atoms with E-state index >= 15 is 0 Å². The van der Waals surface area contributed by atoms with Gasteiger partial charge in [0, 0.05) is 10.5 Å². The van der Waals surface area contributed by atoms with Crippen LogP contribution in [-0.4, -0.2) is 29.0 Å². The van der Waals surface area contributed by atoms with Crippen molar-refractivity contribution in [2.45, 2.75) is 4.90 Å². The first-order valence-corrected chi connectivity index (χ1v) is 9.49. The standard InChI is InChI=1S/C17H14ClN3O2S2/c1-23-11-6-8-12(9-7-11)24-10-15(22)19-17-21-20-16(25-17)13-4-2-3-5-14(13)18/h2-9H,10H2,1H3,(H,19,21,22). The number of nitrogens with zero attached hydrogens (tertiary/aromatic N) is 2. The van der Waals surface area contributed by atoms with E-state index in [1.807, 2.05) is 42.5 Å². The molecule has 0 saturated carbocycles. The highest BCUT2D eigenvalue weighted by Gasteiger charge is 2.12. The minimum absolute atomic E-state index is 0.136. The second kappa shape index (κ2) is 8.33. The van der Waals surface area contributed by atoms with Gasteiger partial charge in [-0.2, -0.15) is 0 Å². The molecule has 0 aliphatic heterocycles. The predicted molar refractivity (Wildman–Crippen MR) is 103 cm³/mol. The number of carbonyl (C=O) groups excluding carboxylic acids is 1. The molecule has 3 aromatic rings. The Morgan fingerprint density at radius 1 is 1.20 bits per heavy atom. The first-order chi connectivity index (χ1) is 12.2. The van der Waals surface area contributed by atoms with Crippen molar-refractivity contribution in [3.63, 3.8) is 0 Å². The van der Waals surface area contributed by atoms with Crippen LogP contribution in [0.3, 0.4) is 0 Å². The predicted octanol–water partition coefficient (Wildman–Crippen LogP) is 4.60. The fourth-order valence-corrected chi connectivity index (χ4v) is 3.77. The summed E-state index contributed by atoms with van der Waals surface area (Å²) in [5.41, 5.74) is 0.801. The van der Waals surface area contributed by atoms with Crippen LogP contribution in [0.1, 0.15) is 0 Å². The lowest BCUT2D eigenvalue weighted by atomic mass is 10.2. The molecule has 3 rings (SSSR count). The number of benzene rings is 2. The lowest BCUT2D eigenvalue weighted by Crippen LogP contribution is -2.13. The Morgan fingerprint density at radius 2 is 1.96 bits per heavy atom. The molecule has 128 valence electrons. The van der Waals surface area contributed by atoms with Gasteiger partial charge in [0.1, 0.15) is 5.75 Å². The maximum atomic E-state index is 12.1. The molecule has 1 aromatic heterocycles. The molecule has 2 aromatic carbocycles.